The second kappa shape index (κ2) is 6.18. The van der Waals surface area contributed by atoms with E-state index in [2.05, 4.69) is 4.98 Å². The molecule has 0 fully saturated rings. The van der Waals surface area contributed by atoms with Crippen LogP contribution in [0.25, 0.3) is 11.5 Å². The molecule has 0 aliphatic carbocycles. The number of rotatable bonds is 6. The van der Waals surface area contributed by atoms with Crippen LogP contribution < -0.4 is 0 Å². The van der Waals surface area contributed by atoms with Crippen LogP contribution in [0.2, 0.25) is 0 Å². The summed E-state index contributed by atoms with van der Waals surface area (Å²) in [6.07, 6.45) is 4.09. The lowest BCUT2D eigenvalue weighted by atomic mass is 10.1. The van der Waals surface area contributed by atoms with Crippen molar-refractivity contribution in [1.29, 1.82) is 0 Å². The number of carboxylic acids is 1. The zero-order valence-electron chi connectivity index (χ0n) is 10.9. The molecule has 100 valence electrons. The van der Waals surface area contributed by atoms with E-state index in [1.165, 1.54) is 5.56 Å². The number of aliphatic carboxylic acids is 1. The molecule has 0 radical (unpaired) electrons. The summed E-state index contributed by atoms with van der Waals surface area (Å²) >= 11 is 0. The highest BCUT2D eigenvalue weighted by atomic mass is 16.4. The van der Waals surface area contributed by atoms with Gasteiger partial charge in [-0.05, 0) is 38.3 Å². The Morgan fingerprint density at radius 2 is 2.00 bits per heavy atom. The van der Waals surface area contributed by atoms with E-state index in [0.717, 1.165) is 24.1 Å². The Morgan fingerprint density at radius 3 is 2.68 bits per heavy atom. The predicted octanol–water partition coefficient (Wildman–Crippen LogP) is 3.45. The van der Waals surface area contributed by atoms with Crippen LogP contribution in [-0.2, 0) is 11.2 Å². The molecule has 1 aromatic carbocycles. The average molecular weight is 259 g/mol. The minimum absolute atomic E-state index is 0.211. The lowest BCUT2D eigenvalue weighted by Crippen LogP contribution is -1.95. The Morgan fingerprint density at radius 1 is 1.26 bits per heavy atom. The van der Waals surface area contributed by atoms with Crippen molar-refractivity contribution in [2.45, 2.75) is 32.6 Å². The zero-order valence-corrected chi connectivity index (χ0v) is 10.9. The van der Waals surface area contributed by atoms with Crippen molar-refractivity contribution in [2.24, 2.45) is 0 Å². The topological polar surface area (TPSA) is 63.3 Å². The van der Waals surface area contributed by atoms with Crippen molar-refractivity contribution in [2.75, 3.05) is 0 Å². The zero-order chi connectivity index (χ0) is 13.7. The number of benzene rings is 1. The monoisotopic (exact) mass is 259 g/mol. The number of hydrogen-bond acceptors (Lipinski definition) is 3. The van der Waals surface area contributed by atoms with Crippen LogP contribution in [0.1, 0.15) is 30.5 Å². The fraction of sp³-hybridized carbons (Fsp3) is 0.333. The van der Waals surface area contributed by atoms with Crippen LogP contribution in [-0.4, -0.2) is 16.1 Å². The molecule has 0 atom stereocenters. The molecule has 0 unspecified atom stereocenters. The van der Waals surface area contributed by atoms with Gasteiger partial charge in [-0.3, -0.25) is 4.79 Å². The van der Waals surface area contributed by atoms with Crippen molar-refractivity contribution >= 4 is 5.97 Å². The summed E-state index contributed by atoms with van der Waals surface area (Å²) < 4.78 is 5.44. The van der Waals surface area contributed by atoms with Crippen LogP contribution >= 0.6 is 0 Å². The Hall–Kier alpha value is -2.10. The van der Waals surface area contributed by atoms with Gasteiger partial charge in [-0.2, -0.15) is 0 Å². The summed E-state index contributed by atoms with van der Waals surface area (Å²) in [7, 11) is 0. The average Bonchev–Trinajstić information content (AvgIpc) is 2.84. The first-order valence-electron chi connectivity index (χ1n) is 6.38. The lowest BCUT2D eigenvalue weighted by Gasteiger charge is -1.96. The van der Waals surface area contributed by atoms with E-state index in [4.69, 9.17) is 9.52 Å². The summed E-state index contributed by atoms with van der Waals surface area (Å²) in [5.74, 6) is -0.131. The minimum Gasteiger partial charge on any atom is -0.481 e. The number of aromatic nitrogens is 1. The number of nitrogens with zero attached hydrogens (tertiary/aromatic N) is 1. The fourth-order valence-electron chi connectivity index (χ4n) is 1.83. The molecule has 19 heavy (non-hydrogen) atoms. The van der Waals surface area contributed by atoms with Gasteiger partial charge in [-0.25, -0.2) is 4.98 Å². The fourth-order valence-corrected chi connectivity index (χ4v) is 1.83. The van der Waals surface area contributed by atoms with Crippen LogP contribution in [0.4, 0.5) is 0 Å². The number of carboxylic acid groups (broad SMARTS) is 1. The third-order valence-corrected chi connectivity index (χ3v) is 2.92. The highest BCUT2D eigenvalue weighted by Crippen LogP contribution is 2.19. The van der Waals surface area contributed by atoms with E-state index in [9.17, 15) is 4.79 Å². The van der Waals surface area contributed by atoms with Crippen molar-refractivity contribution in [1.82, 2.24) is 4.98 Å². The number of carbonyl (C=O) groups is 1. The third-order valence-electron chi connectivity index (χ3n) is 2.92. The summed E-state index contributed by atoms with van der Waals surface area (Å²) in [6.45, 7) is 2.03. The maximum Gasteiger partial charge on any atom is 0.303 e. The maximum absolute atomic E-state index is 10.4. The van der Waals surface area contributed by atoms with E-state index >= 15 is 0 Å². The summed E-state index contributed by atoms with van der Waals surface area (Å²) in [5.41, 5.74) is 3.03. The molecule has 4 heteroatoms. The van der Waals surface area contributed by atoms with Gasteiger partial charge in [-0.1, -0.05) is 17.7 Å². The Balaban J connectivity index is 1.91. The van der Waals surface area contributed by atoms with Gasteiger partial charge in [0, 0.05) is 12.0 Å². The second-order valence-corrected chi connectivity index (χ2v) is 4.61. The summed E-state index contributed by atoms with van der Waals surface area (Å²) in [6, 6.07) is 8.00. The highest BCUT2D eigenvalue weighted by molar-refractivity contribution is 5.66. The van der Waals surface area contributed by atoms with Gasteiger partial charge >= 0.3 is 5.97 Å². The largest absolute Gasteiger partial charge is 0.481 e. The van der Waals surface area contributed by atoms with Gasteiger partial charge in [0.15, 0.2) is 0 Å². The SMILES string of the molecule is Cc1ccc(-c2nc(CCCCC(=O)O)co2)cc1. The number of unbranched alkanes of at least 4 members (excludes halogenated alkanes) is 1. The maximum atomic E-state index is 10.4. The second-order valence-electron chi connectivity index (χ2n) is 4.61. The lowest BCUT2D eigenvalue weighted by molar-refractivity contribution is -0.137. The van der Waals surface area contributed by atoms with E-state index in [-0.39, 0.29) is 6.42 Å². The number of oxazole rings is 1. The van der Waals surface area contributed by atoms with E-state index < -0.39 is 5.97 Å². The summed E-state index contributed by atoms with van der Waals surface area (Å²) in [5, 5.41) is 8.55. The van der Waals surface area contributed by atoms with Crippen LogP contribution in [0.15, 0.2) is 34.9 Å². The van der Waals surface area contributed by atoms with Crippen LogP contribution in [0.5, 0.6) is 0 Å². The molecule has 1 N–H and O–H groups in total. The molecule has 4 nitrogen and oxygen atoms in total. The Bertz CT molecular complexity index is 543. The first kappa shape index (κ1) is 13.3. The third kappa shape index (κ3) is 3.95. The predicted molar refractivity (Wildman–Crippen MR) is 71.9 cm³/mol. The van der Waals surface area contributed by atoms with Gasteiger partial charge in [0.1, 0.15) is 6.26 Å². The number of hydrogen-bond donors (Lipinski definition) is 1. The van der Waals surface area contributed by atoms with Crippen LogP contribution in [0.3, 0.4) is 0 Å². The van der Waals surface area contributed by atoms with Gasteiger partial charge in [-0.15, -0.1) is 0 Å². The van der Waals surface area contributed by atoms with Crippen molar-refractivity contribution in [3.05, 3.63) is 41.8 Å². The molecule has 0 aliphatic rings. The normalized spacial score (nSPS) is 10.6. The van der Waals surface area contributed by atoms with Gasteiger partial charge in [0.2, 0.25) is 5.89 Å². The molecular formula is C15H17NO3. The molecule has 0 aliphatic heterocycles. The molecule has 1 heterocycles. The molecule has 0 amide bonds. The molecule has 0 saturated heterocycles. The van der Waals surface area contributed by atoms with Crippen molar-refractivity contribution < 1.29 is 14.3 Å². The Kier molecular flexibility index (Phi) is 4.34. The van der Waals surface area contributed by atoms with Gasteiger partial charge < -0.3 is 9.52 Å². The Labute approximate surface area is 112 Å². The summed E-state index contributed by atoms with van der Waals surface area (Å²) in [4.78, 5) is 14.8. The molecule has 2 aromatic rings. The highest BCUT2D eigenvalue weighted by Gasteiger charge is 2.06. The first-order chi connectivity index (χ1) is 9.15. The van der Waals surface area contributed by atoms with E-state index in [1.807, 2.05) is 31.2 Å². The first-order valence-corrected chi connectivity index (χ1v) is 6.38. The van der Waals surface area contributed by atoms with Crippen molar-refractivity contribution in [3.8, 4) is 11.5 Å². The van der Waals surface area contributed by atoms with Gasteiger partial charge in [0.25, 0.3) is 0 Å². The molecule has 2 rings (SSSR count). The molecule has 0 saturated carbocycles. The van der Waals surface area contributed by atoms with E-state index in [1.54, 1.807) is 6.26 Å². The standard InChI is InChI=1S/C15H17NO3/c1-11-6-8-12(9-7-11)15-16-13(10-19-15)4-2-3-5-14(17)18/h6-10H,2-5H2,1H3,(H,17,18). The molecular weight excluding hydrogens is 242 g/mol. The minimum atomic E-state index is -0.750. The van der Waals surface area contributed by atoms with Crippen molar-refractivity contribution in [3.63, 3.8) is 0 Å². The number of aryl methyl sites for hydroxylation is 2. The van der Waals surface area contributed by atoms with E-state index in [0.29, 0.717) is 12.3 Å². The molecule has 0 spiro atoms. The smallest absolute Gasteiger partial charge is 0.303 e. The molecule has 0 bridgehead atoms. The van der Waals surface area contributed by atoms with Gasteiger partial charge in [0.05, 0.1) is 5.69 Å². The molecule has 1 aromatic heterocycles. The van der Waals surface area contributed by atoms with Crippen LogP contribution in [0, 0.1) is 6.92 Å². The quantitative estimate of drug-likeness (QED) is 0.807.